The zero-order valence-corrected chi connectivity index (χ0v) is 19.6. The zero-order valence-electron chi connectivity index (χ0n) is 19.6. The van der Waals surface area contributed by atoms with Crippen molar-refractivity contribution in [2.45, 2.75) is 51.2 Å². The van der Waals surface area contributed by atoms with Crippen LogP contribution in [-0.4, -0.2) is 60.3 Å². The SMILES string of the molecule is CC(C)c1ccc([C@](O)(c2cncc(C(=O)NC3CCOCC3)c2)C2(C)CN(C)C2)cc1. The molecule has 6 heteroatoms. The predicted molar refractivity (Wildman–Crippen MR) is 125 cm³/mol. The first-order valence-corrected chi connectivity index (χ1v) is 11.6. The number of nitrogens with zero attached hydrogens (tertiary/aromatic N) is 2. The van der Waals surface area contributed by atoms with E-state index in [2.05, 4.69) is 55.2 Å². The van der Waals surface area contributed by atoms with Crippen molar-refractivity contribution < 1.29 is 14.6 Å². The second kappa shape index (κ2) is 8.93. The number of hydrogen-bond donors (Lipinski definition) is 2. The van der Waals surface area contributed by atoms with Crippen molar-refractivity contribution in [3.63, 3.8) is 0 Å². The summed E-state index contributed by atoms with van der Waals surface area (Å²) in [5.74, 6) is 0.265. The average molecular weight is 438 g/mol. The fourth-order valence-corrected chi connectivity index (χ4v) is 5.22. The number of amides is 1. The van der Waals surface area contributed by atoms with E-state index in [1.54, 1.807) is 12.4 Å². The molecule has 2 aliphatic heterocycles. The molecular weight excluding hydrogens is 402 g/mol. The Morgan fingerprint density at radius 2 is 1.84 bits per heavy atom. The lowest BCUT2D eigenvalue weighted by molar-refractivity contribution is -0.127. The molecule has 0 saturated carbocycles. The van der Waals surface area contributed by atoms with E-state index in [0.29, 0.717) is 30.3 Å². The van der Waals surface area contributed by atoms with E-state index in [0.717, 1.165) is 31.5 Å². The molecule has 6 nitrogen and oxygen atoms in total. The molecule has 1 aromatic carbocycles. The van der Waals surface area contributed by atoms with Crippen molar-refractivity contribution in [2.24, 2.45) is 5.41 Å². The molecule has 1 amide bonds. The van der Waals surface area contributed by atoms with Gasteiger partial charge in [0.15, 0.2) is 0 Å². The van der Waals surface area contributed by atoms with Crippen molar-refractivity contribution in [1.82, 2.24) is 15.2 Å². The normalized spacial score (nSPS) is 21.1. The summed E-state index contributed by atoms with van der Waals surface area (Å²) in [6, 6.07) is 10.1. The molecule has 2 N–H and O–H groups in total. The summed E-state index contributed by atoms with van der Waals surface area (Å²) in [5.41, 5.74) is 1.55. The molecule has 32 heavy (non-hydrogen) atoms. The molecule has 0 bridgehead atoms. The number of likely N-dealkylation sites (tertiary alicyclic amines) is 1. The summed E-state index contributed by atoms with van der Waals surface area (Å²) >= 11 is 0. The Kier molecular flexibility index (Phi) is 6.39. The summed E-state index contributed by atoms with van der Waals surface area (Å²) in [7, 11) is 2.06. The van der Waals surface area contributed by atoms with Crippen LogP contribution < -0.4 is 5.32 Å². The van der Waals surface area contributed by atoms with Gasteiger partial charge in [-0.2, -0.15) is 0 Å². The van der Waals surface area contributed by atoms with Gasteiger partial charge in [-0.15, -0.1) is 0 Å². The molecule has 2 fully saturated rings. The van der Waals surface area contributed by atoms with Crippen LogP contribution in [0, 0.1) is 5.41 Å². The molecule has 0 aliphatic carbocycles. The van der Waals surface area contributed by atoms with Gasteiger partial charge in [-0.1, -0.05) is 45.0 Å². The molecule has 0 radical (unpaired) electrons. The quantitative estimate of drug-likeness (QED) is 0.725. The van der Waals surface area contributed by atoms with E-state index < -0.39 is 11.0 Å². The molecule has 0 unspecified atom stereocenters. The third-order valence-corrected chi connectivity index (χ3v) is 7.08. The minimum absolute atomic E-state index is 0.111. The Hall–Kier alpha value is -2.28. The summed E-state index contributed by atoms with van der Waals surface area (Å²) in [5, 5.41) is 15.4. The first-order chi connectivity index (χ1) is 15.2. The first-order valence-electron chi connectivity index (χ1n) is 11.6. The highest BCUT2D eigenvalue weighted by Gasteiger charge is 2.55. The Morgan fingerprint density at radius 1 is 1.19 bits per heavy atom. The van der Waals surface area contributed by atoms with Crippen LogP contribution in [-0.2, 0) is 10.3 Å². The number of aliphatic hydroxyl groups is 1. The lowest BCUT2D eigenvalue weighted by Crippen LogP contribution is -2.63. The molecule has 0 spiro atoms. The van der Waals surface area contributed by atoms with Gasteiger partial charge in [0.2, 0.25) is 0 Å². The van der Waals surface area contributed by atoms with Gasteiger partial charge >= 0.3 is 0 Å². The fourth-order valence-electron chi connectivity index (χ4n) is 5.22. The predicted octanol–water partition coefficient (Wildman–Crippen LogP) is 3.30. The minimum atomic E-state index is -1.25. The van der Waals surface area contributed by atoms with Crippen molar-refractivity contribution in [1.29, 1.82) is 0 Å². The topological polar surface area (TPSA) is 74.7 Å². The van der Waals surface area contributed by atoms with Gasteiger partial charge in [0.25, 0.3) is 5.91 Å². The maximum Gasteiger partial charge on any atom is 0.253 e. The zero-order chi connectivity index (χ0) is 22.9. The maximum atomic E-state index is 13.0. The number of carbonyl (C=O) groups is 1. The number of hydrogen-bond acceptors (Lipinski definition) is 5. The molecule has 1 atom stereocenters. The Labute approximate surface area is 191 Å². The second-order valence-corrected chi connectivity index (χ2v) is 10.0. The van der Waals surface area contributed by atoms with Crippen LogP contribution in [0.25, 0.3) is 0 Å². The molecule has 2 saturated heterocycles. The Morgan fingerprint density at radius 3 is 2.44 bits per heavy atom. The molecule has 172 valence electrons. The largest absolute Gasteiger partial charge is 0.381 e. The molecular formula is C26H35N3O3. The third kappa shape index (κ3) is 4.19. The Bertz CT molecular complexity index is 947. The summed E-state index contributed by atoms with van der Waals surface area (Å²) in [4.78, 5) is 19.5. The number of nitrogens with one attached hydrogen (secondary N) is 1. The minimum Gasteiger partial charge on any atom is -0.381 e. The van der Waals surface area contributed by atoms with E-state index in [1.807, 2.05) is 18.2 Å². The van der Waals surface area contributed by atoms with Crippen LogP contribution >= 0.6 is 0 Å². The van der Waals surface area contributed by atoms with Gasteiger partial charge in [-0.05, 0) is 43.0 Å². The van der Waals surface area contributed by atoms with Gasteiger partial charge in [0.1, 0.15) is 5.60 Å². The lowest BCUT2D eigenvalue weighted by atomic mass is 9.62. The lowest BCUT2D eigenvalue weighted by Gasteiger charge is -2.55. The monoisotopic (exact) mass is 437 g/mol. The summed E-state index contributed by atoms with van der Waals surface area (Å²) in [6.07, 6.45) is 4.91. The van der Waals surface area contributed by atoms with Crippen LogP contribution in [0.5, 0.6) is 0 Å². The number of pyridine rings is 1. The van der Waals surface area contributed by atoms with Crippen LogP contribution in [0.2, 0.25) is 0 Å². The second-order valence-electron chi connectivity index (χ2n) is 10.0. The van der Waals surface area contributed by atoms with E-state index in [9.17, 15) is 9.90 Å². The highest BCUT2D eigenvalue weighted by molar-refractivity contribution is 5.94. The van der Waals surface area contributed by atoms with Gasteiger partial charge < -0.3 is 20.1 Å². The van der Waals surface area contributed by atoms with Crippen molar-refractivity contribution >= 4 is 5.91 Å². The molecule has 2 aromatic rings. The summed E-state index contributed by atoms with van der Waals surface area (Å²) in [6.45, 7) is 9.28. The van der Waals surface area contributed by atoms with E-state index in [-0.39, 0.29) is 11.9 Å². The summed E-state index contributed by atoms with van der Waals surface area (Å²) < 4.78 is 5.39. The number of carbonyl (C=O) groups excluding carboxylic acids is 1. The standard InChI is InChI=1S/C26H35N3O3/c1-18(2)19-5-7-21(8-6-19)26(31,25(3)16-29(4)17-25)22-13-20(14-27-15-22)24(30)28-23-9-11-32-12-10-23/h5-8,13-15,18,23,31H,9-12,16-17H2,1-4H3,(H,28,30)/t26-/m0/s1. The molecule has 1 aromatic heterocycles. The number of benzene rings is 1. The van der Waals surface area contributed by atoms with Gasteiger partial charge in [0, 0.05) is 55.7 Å². The number of rotatable bonds is 6. The van der Waals surface area contributed by atoms with Crippen LogP contribution in [0.4, 0.5) is 0 Å². The van der Waals surface area contributed by atoms with Crippen LogP contribution in [0.1, 0.15) is 66.6 Å². The number of ether oxygens (including phenoxy) is 1. The highest BCUT2D eigenvalue weighted by atomic mass is 16.5. The number of aromatic nitrogens is 1. The van der Waals surface area contributed by atoms with Gasteiger partial charge in [0.05, 0.1) is 5.56 Å². The van der Waals surface area contributed by atoms with E-state index in [4.69, 9.17) is 4.74 Å². The smallest absolute Gasteiger partial charge is 0.253 e. The third-order valence-electron chi connectivity index (χ3n) is 7.08. The molecule has 2 aliphatic rings. The van der Waals surface area contributed by atoms with E-state index >= 15 is 0 Å². The van der Waals surface area contributed by atoms with Crippen molar-refractivity contribution in [2.75, 3.05) is 33.4 Å². The van der Waals surface area contributed by atoms with Crippen LogP contribution in [0.3, 0.4) is 0 Å². The molecule has 3 heterocycles. The van der Waals surface area contributed by atoms with Crippen LogP contribution in [0.15, 0.2) is 42.7 Å². The average Bonchev–Trinajstić information content (AvgIpc) is 2.78. The van der Waals surface area contributed by atoms with Crippen molar-refractivity contribution in [3.8, 4) is 0 Å². The van der Waals surface area contributed by atoms with Gasteiger partial charge in [-0.3, -0.25) is 9.78 Å². The fraction of sp³-hybridized carbons (Fsp3) is 0.538. The first kappa shape index (κ1) is 22.9. The van der Waals surface area contributed by atoms with Crippen molar-refractivity contribution in [3.05, 3.63) is 65.0 Å². The highest BCUT2D eigenvalue weighted by Crippen LogP contribution is 2.50. The maximum absolute atomic E-state index is 13.0. The van der Waals surface area contributed by atoms with E-state index in [1.165, 1.54) is 5.56 Å². The van der Waals surface area contributed by atoms with Gasteiger partial charge in [-0.25, -0.2) is 0 Å². The Balaban J connectivity index is 1.69. The molecule has 4 rings (SSSR count).